The molecule has 0 amide bonds. The number of aliphatic hydroxyl groups is 1. The smallest absolute Gasteiger partial charge is 0.161 e. The van der Waals surface area contributed by atoms with Crippen molar-refractivity contribution >= 4 is 0 Å². The summed E-state index contributed by atoms with van der Waals surface area (Å²) in [7, 11) is 3.98. The van der Waals surface area contributed by atoms with Gasteiger partial charge in [-0.15, -0.1) is 6.58 Å². The SMILES string of the molecule is C=CCN(C)C1Cc2ccc(O)c(O)c2C2(CC)C[C@H](NC)CCC12O. The molecule has 0 bridgehead atoms. The average Bonchev–Trinajstić information content (AvgIpc) is 2.63. The van der Waals surface area contributed by atoms with Crippen LogP contribution < -0.4 is 5.32 Å². The van der Waals surface area contributed by atoms with E-state index in [4.69, 9.17) is 0 Å². The Hall–Kier alpha value is -1.56. The zero-order chi connectivity index (χ0) is 19.1. The Morgan fingerprint density at radius 2 is 2.12 bits per heavy atom. The minimum absolute atomic E-state index is 0.0605. The second kappa shape index (κ2) is 6.87. The van der Waals surface area contributed by atoms with Gasteiger partial charge in [0.15, 0.2) is 11.5 Å². The van der Waals surface area contributed by atoms with E-state index in [1.165, 1.54) is 0 Å². The molecule has 5 heteroatoms. The monoisotopic (exact) mass is 360 g/mol. The molecule has 26 heavy (non-hydrogen) atoms. The summed E-state index contributed by atoms with van der Waals surface area (Å²) < 4.78 is 0. The van der Waals surface area contributed by atoms with Crippen LogP contribution in [-0.4, -0.2) is 58.5 Å². The maximum Gasteiger partial charge on any atom is 0.161 e. The van der Waals surface area contributed by atoms with E-state index in [1.54, 1.807) is 6.07 Å². The van der Waals surface area contributed by atoms with Gasteiger partial charge >= 0.3 is 0 Å². The van der Waals surface area contributed by atoms with Crippen LogP contribution in [0.2, 0.25) is 0 Å². The number of likely N-dealkylation sites (N-methyl/N-ethyl adjacent to an activating group) is 1. The van der Waals surface area contributed by atoms with Crippen LogP contribution in [-0.2, 0) is 11.8 Å². The van der Waals surface area contributed by atoms with Gasteiger partial charge in [0.1, 0.15) is 0 Å². The molecule has 3 rings (SSSR count). The number of phenolic OH excluding ortho intramolecular Hbond substituents is 2. The van der Waals surface area contributed by atoms with Crippen molar-refractivity contribution in [3.05, 3.63) is 35.9 Å². The molecule has 0 heterocycles. The van der Waals surface area contributed by atoms with Gasteiger partial charge in [0, 0.05) is 29.6 Å². The van der Waals surface area contributed by atoms with Gasteiger partial charge in [0.2, 0.25) is 0 Å². The number of fused-ring (bicyclic) bond motifs is 3. The summed E-state index contributed by atoms with van der Waals surface area (Å²) in [5.74, 6) is -0.173. The van der Waals surface area contributed by atoms with Crippen molar-refractivity contribution in [2.24, 2.45) is 0 Å². The quantitative estimate of drug-likeness (QED) is 0.479. The molecular weight excluding hydrogens is 328 g/mol. The van der Waals surface area contributed by atoms with Gasteiger partial charge in [-0.2, -0.15) is 0 Å². The molecule has 3 unspecified atom stereocenters. The predicted molar refractivity (Wildman–Crippen MR) is 104 cm³/mol. The lowest BCUT2D eigenvalue weighted by molar-refractivity contribution is -0.137. The van der Waals surface area contributed by atoms with E-state index in [9.17, 15) is 15.3 Å². The Bertz CT molecular complexity index is 692. The largest absolute Gasteiger partial charge is 0.504 e. The first kappa shape index (κ1) is 19.2. The van der Waals surface area contributed by atoms with E-state index in [-0.39, 0.29) is 23.6 Å². The molecule has 0 spiro atoms. The van der Waals surface area contributed by atoms with Crippen LogP contribution in [0.5, 0.6) is 11.5 Å². The zero-order valence-corrected chi connectivity index (χ0v) is 16.1. The summed E-state index contributed by atoms with van der Waals surface area (Å²) in [6.07, 6.45) is 5.49. The third-order valence-corrected chi connectivity index (χ3v) is 6.94. The van der Waals surface area contributed by atoms with Crippen molar-refractivity contribution in [3.63, 3.8) is 0 Å². The normalized spacial score (nSPS) is 33.6. The first-order valence-electron chi connectivity index (χ1n) is 9.59. The molecule has 1 fully saturated rings. The maximum atomic E-state index is 12.1. The molecule has 0 aliphatic heterocycles. The van der Waals surface area contributed by atoms with E-state index < -0.39 is 11.0 Å². The maximum absolute atomic E-state index is 12.1. The highest BCUT2D eigenvalue weighted by atomic mass is 16.3. The van der Waals surface area contributed by atoms with Gasteiger partial charge in [-0.3, -0.25) is 4.90 Å². The molecule has 1 saturated carbocycles. The summed E-state index contributed by atoms with van der Waals surface area (Å²) in [6, 6.07) is 3.67. The summed E-state index contributed by atoms with van der Waals surface area (Å²) in [6.45, 7) is 6.62. The molecule has 144 valence electrons. The standard InChI is InChI=1S/C21H32N2O3/c1-5-11-23(4)17-12-14-7-8-16(24)19(25)18(14)20(6-2)13-15(22-3)9-10-21(17,20)26/h5,7-8,15,17,22,24-26H,1,6,9-13H2,2-4H3/t15-,17?,20?,21?/m1/s1. The van der Waals surface area contributed by atoms with E-state index in [1.807, 2.05) is 26.2 Å². The lowest BCUT2D eigenvalue weighted by Gasteiger charge is -2.60. The Morgan fingerprint density at radius 3 is 2.73 bits per heavy atom. The highest BCUT2D eigenvalue weighted by Crippen LogP contribution is 2.58. The van der Waals surface area contributed by atoms with Crippen LogP contribution in [0.4, 0.5) is 0 Å². The fourth-order valence-electron chi connectivity index (χ4n) is 5.57. The fraction of sp³-hybridized carbons (Fsp3) is 0.619. The first-order chi connectivity index (χ1) is 12.3. The molecule has 2 aliphatic rings. The third kappa shape index (κ3) is 2.56. The van der Waals surface area contributed by atoms with Crippen molar-refractivity contribution in [1.82, 2.24) is 10.2 Å². The van der Waals surface area contributed by atoms with Crippen LogP contribution in [0.15, 0.2) is 24.8 Å². The fourth-order valence-corrected chi connectivity index (χ4v) is 5.57. The lowest BCUT2D eigenvalue weighted by atomic mass is 9.50. The zero-order valence-electron chi connectivity index (χ0n) is 16.1. The van der Waals surface area contributed by atoms with Gasteiger partial charge < -0.3 is 20.6 Å². The van der Waals surface area contributed by atoms with Gasteiger partial charge in [0.05, 0.1) is 5.60 Å². The van der Waals surface area contributed by atoms with Crippen LogP contribution in [0.3, 0.4) is 0 Å². The Balaban J connectivity index is 2.24. The van der Waals surface area contributed by atoms with Crippen molar-refractivity contribution in [2.45, 2.75) is 62.1 Å². The molecule has 0 saturated heterocycles. The molecule has 4 atom stereocenters. The second-order valence-electron chi connectivity index (χ2n) is 8.00. The number of benzene rings is 1. The number of hydrogen-bond donors (Lipinski definition) is 4. The first-order valence-corrected chi connectivity index (χ1v) is 9.59. The van der Waals surface area contributed by atoms with Crippen molar-refractivity contribution < 1.29 is 15.3 Å². The molecule has 1 aromatic carbocycles. The highest BCUT2D eigenvalue weighted by Gasteiger charge is 2.62. The molecule has 0 aromatic heterocycles. The van der Waals surface area contributed by atoms with Gasteiger partial charge in [0.25, 0.3) is 0 Å². The van der Waals surface area contributed by atoms with E-state index in [2.05, 4.69) is 23.7 Å². The molecule has 1 aromatic rings. The topological polar surface area (TPSA) is 76.0 Å². The van der Waals surface area contributed by atoms with Crippen molar-refractivity contribution in [3.8, 4) is 11.5 Å². The van der Waals surface area contributed by atoms with Crippen LogP contribution in [0.1, 0.15) is 43.7 Å². The summed E-state index contributed by atoms with van der Waals surface area (Å²) in [4.78, 5) is 2.17. The Labute approximate surface area is 156 Å². The minimum atomic E-state index is -0.967. The summed E-state index contributed by atoms with van der Waals surface area (Å²) in [5, 5.41) is 36.4. The molecule has 0 radical (unpaired) electrons. The van der Waals surface area contributed by atoms with E-state index in [0.717, 1.165) is 24.0 Å². The number of aromatic hydroxyl groups is 2. The molecule has 5 nitrogen and oxygen atoms in total. The van der Waals surface area contributed by atoms with Gasteiger partial charge in [-0.05, 0) is 57.8 Å². The van der Waals surface area contributed by atoms with Crippen molar-refractivity contribution in [1.29, 1.82) is 0 Å². The number of nitrogens with zero attached hydrogens (tertiary/aromatic N) is 1. The van der Waals surface area contributed by atoms with Crippen molar-refractivity contribution in [2.75, 3.05) is 20.6 Å². The van der Waals surface area contributed by atoms with Gasteiger partial charge in [-0.25, -0.2) is 0 Å². The predicted octanol–water partition coefficient (Wildman–Crippen LogP) is 2.29. The Kier molecular flexibility index (Phi) is 5.08. The van der Waals surface area contributed by atoms with E-state index in [0.29, 0.717) is 25.8 Å². The van der Waals surface area contributed by atoms with Crippen LogP contribution >= 0.6 is 0 Å². The summed E-state index contributed by atoms with van der Waals surface area (Å²) in [5.41, 5.74) is 0.191. The third-order valence-electron chi connectivity index (χ3n) is 6.94. The average molecular weight is 360 g/mol. The molecule has 4 N–H and O–H groups in total. The lowest BCUT2D eigenvalue weighted by Crippen LogP contribution is -2.69. The highest BCUT2D eigenvalue weighted by molar-refractivity contribution is 5.57. The number of phenols is 2. The van der Waals surface area contributed by atoms with E-state index >= 15 is 0 Å². The van der Waals surface area contributed by atoms with Crippen LogP contribution in [0.25, 0.3) is 0 Å². The van der Waals surface area contributed by atoms with Crippen LogP contribution in [0, 0.1) is 0 Å². The van der Waals surface area contributed by atoms with Gasteiger partial charge in [-0.1, -0.05) is 19.1 Å². The summed E-state index contributed by atoms with van der Waals surface area (Å²) >= 11 is 0. The number of rotatable bonds is 5. The number of hydrogen-bond acceptors (Lipinski definition) is 5. The molecular formula is C21H32N2O3. The molecule has 2 aliphatic carbocycles. The Morgan fingerprint density at radius 1 is 1.38 bits per heavy atom. The number of nitrogens with one attached hydrogen (secondary N) is 1. The second-order valence-corrected chi connectivity index (χ2v) is 8.00. The minimum Gasteiger partial charge on any atom is -0.504 e.